The van der Waals surface area contributed by atoms with E-state index >= 15 is 0 Å². The fraction of sp³-hybridized carbons (Fsp3) is 0.385. The van der Waals surface area contributed by atoms with Crippen molar-refractivity contribution < 1.29 is 9.59 Å². The predicted octanol–water partition coefficient (Wildman–Crippen LogP) is 4.20. The normalized spacial score (nSPS) is 24.9. The molecular formula is C26H32N4O2. The maximum atomic E-state index is 12.2. The third-order valence-corrected chi connectivity index (χ3v) is 6.68. The van der Waals surface area contributed by atoms with Gasteiger partial charge in [0.15, 0.2) is 0 Å². The number of likely N-dealkylation sites (N-methyl/N-ethyl adjacent to an activating group) is 2. The van der Waals surface area contributed by atoms with Crippen LogP contribution in [0.25, 0.3) is 0 Å². The molecule has 2 heterocycles. The molecule has 2 amide bonds. The number of amides is 2. The predicted molar refractivity (Wildman–Crippen MR) is 129 cm³/mol. The van der Waals surface area contributed by atoms with Crippen LogP contribution in [-0.4, -0.2) is 47.4 Å². The molecule has 2 aliphatic rings. The van der Waals surface area contributed by atoms with Gasteiger partial charge in [-0.3, -0.25) is 9.59 Å². The summed E-state index contributed by atoms with van der Waals surface area (Å²) in [6.07, 6.45) is 0. The zero-order valence-corrected chi connectivity index (χ0v) is 20.2. The molecule has 4 rings (SSSR count). The largest absolute Gasteiger partial charge is 0.271 e. The average Bonchev–Trinajstić information content (AvgIpc) is 3.08. The molecular weight excluding hydrogens is 400 g/mol. The maximum Gasteiger partial charge on any atom is 0.258 e. The van der Waals surface area contributed by atoms with Crippen LogP contribution in [0.5, 0.6) is 0 Å². The number of carbonyl (C=O) groups is 2. The van der Waals surface area contributed by atoms with Gasteiger partial charge in [-0.1, -0.05) is 59.7 Å². The van der Waals surface area contributed by atoms with Crippen LogP contribution < -0.4 is 0 Å². The van der Waals surface area contributed by atoms with Crippen molar-refractivity contribution in [1.82, 2.24) is 10.0 Å². The number of hydrogen-bond donors (Lipinski definition) is 0. The topological polar surface area (TPSA) is 65.3 Å². The van der Waals surface area contributed by atoms with Gasteiger partial charge in [0.1, 0.15) is 10.8 Å². The molecule has 0 N–H and O–H groups in total. The van der Waals surface area contributed by atoms with Crippen molar-refractivity contribution in [2.75, 3.05) is 14.1 Å². The van der Waals surface area contributed by atoms with Crippen molar-refractivity contribution in [2.24, 2.45) is 10.2 Å². The molecule has 0 spiro atoms. The summed E-state index contributed by atoms with van der Waals surface area (Å²) in [6, 6.07) is 16.1. The van der Waals surface area contributed by atoms with Crippen LogP contribution in [0, 0.1) is 13.8 Å². The molecule has 0 saturated heterocycles. The lowest BCUT2D eigenvalue weighted by Crippen LogP contribution is -2.39. The van der Waals surface area contributed by atoms with Crippen molar-refractivity contribution in [3.8, 4) is 0 Å². The van der Waals surface area contributed by atoms with Gasteiger partial charge >= 0.3 is 0 Å². The van der Waals surface area contributed by atoms with Crippen LogP contribution in [-0.2, 0) is 20.4 Å². The van der Waals surface area contributed by atoms with E-state index in [2.05, 4.69) is 22.3 Å². The Morgan fingerprint density at radius 3 is 1.25 bits per heavy atom. The zero-order valence-electron chi connectivity index (χ0n) is 20.2. The molecule has 2 aromatic carbocycles. The van der Waals surface area contributed by atoms with E-state index in [-0.39, 0.29) is 11.8 Å². The molecule has 0 aromatic heterocycles. The summed E-state index contributed by atoms with van der Waals surface area (Å²) in [5, 5.41) is 11.3. The second kappa shape index (κ2) is 8.34. The van der Waals surface area contributed by atoms with Crippen molar-refractivity contribution in [2.45, 2.75) is 52.4 Å². The van der Waals surface area contributed by atoms with Crippen LogP contribution in [0.4, 0.5) is 0 Å². The number of nitrogens with zero attached hydrogens (tertiary/aromatic N) is 4. The van der Waals surface area contributed by atoms with Gasteiger partial charge in [0.2, 0.25) is 0 Å². The van der Waals surface area contributed by atoms with E-state index in [4.69, 9.17) is 0 Å². The lowest BCUT2D eigenvalue weighted by Gasteiger charge is -2.23. The third-order valence-electron chi connectivity index (χ3n) is 6.68. The number of aryl methyl sites for hydroxylation is 2. The van der Waals surface area contributed by atoms with Crippen LogP contribution in [0.2, 0.25) is 0 Å². The minimum Gasteiger partial charge on any atom is -0.271 e. The molecule has 6 nitrogen and oxygen atoms in total. The second-order valence-electron chi connectivity index (χ2n) is 9.02. The summed E-state index contributed by atoms with van der Waals surface area (Å²) in [5.74, 6) is 0.0752. The maximum absolute atomic E-state index is 12.2. The molecule has 6 heteroatoms. The molecule has 0 saturated carbocycles. The quantitative estimate of drug-likeness (QED) is 0.714. The standard InChI is InChI=1S/2C13H16N2O/c2*1-9-6-5-7-11(8-9)13(3)10(2)14-15(4)12(13)16/h2*5-8H,1-4H3. The van der Waals surface area contributed by atoms with Gasteiger partial charge < -0.3 is 0 Å². The fourth-order valence-electron chi connectivity index (χ4n) is 4.27. The second-order valence-corrected chi connectivity index (χ2v) is 9.02. The molecule has 2 unspecified atom stereocenters. The first-order chi connectivity index (χ1) is 14.9. The summed E-state index contributed by atoms with van der Waals surface area (Å²) < 4.78 is 0. The number of carbonyl (C=O) groups excluding carboxylic acids is 2. The van der Waals surface area contributed by atoms with E-state index in [1.807, 2.05) is 77.9 Å². The van der Waals surface area contributed by atoms with Gasteiger partial charge in [0.05, 0.1) is 11.4 Å². The highest BCUT2D eigenvalue weighted by atomic mass is 16.2. The Hall–Kier alpha value is -3.28. The Bertz CT molecular complexity index is 1050. The Morgan fingerprint density at radius 2 is 1.00 bits per heavy atom. The molecule has 0 bridgehead atoms. The Balaban J connectivity index is 0.000000181. The number of rotatable bonds is 2. The SMILES string of the molecule is CC1=NN(C)C(=O)C1(C)c1cccc(C)c1.CC1=NN(C)C(=O)C1(C)c1cccc(C)c1. The van der Waals surface area contributed by atoms with Crippen molar-refractivity contribution in [1.29, 1.82) is 0 Å². The lowest BCUT2D eigenvalue weighted by molar-refractivity contribution is -0.132. The van der Waals surface area contributed by atoms with Crippen LogP contribution in [0.1, 0.15) is 49.9 Å². The average molecular weight is 433 g/mol. The highest BCUT2D eigenvalue weighted by Crippen LogP contribution is 2.33. The first kappa shape index (κ1) is 23.4. The molecule has 0 fully saturated rings. The third kappa shape index (κ3) is 3.74. The smallest absolute Gasteiger partial charge is 0.258 e. The Kier molecular flexibility index (Phi) is 6.09. The van der Waals surface area contributed by atoms with Gasteiger partial charge in [-0.2, -0.15) is 10.2 Å². The molecule has 0 aliphatic carbocycles. The van der Waals surface area contributed by atoms with Crippen LogP contribution >= 0.6 is 0 Å². The van der Waals surface area contributed by atoms with E-state index in [0.717, 1.165) is 33.7 Å². The van der Waals surface area contributed by atoms with E-state index in [0.29, 0.717) is 0 Å². The van der Waals surface area contributed by atoms with Crippen molar-refractivity contribution in [3.05, 3.63) is 70.8 Å². The summed E-state index contributed by atoms with van der Waals surface area (Å²) in [4.78, 5) is 24.3. The summed E-state index contributed by atoms with van der Waals surface area (Å²) in [5.41, 5.74) is 4.87. The molecule has 2 aliphatic heterocycles. The monoisotopic (exact) mass is 432 g/mol. The molecule has 32 heavy (non-hydrogen) atoms. The van der Waals surface area contributed by atoms with E-state index in [1.54, 1.807) is 14.1 Å². The molecule has 168 valence electrons. The van der Waals surface area contributed by atoms with Gasteiger partial charge in [-0.15, -0.1) is 0 Å². The fourth-order valence-corrected chi connectivity index (χ4v) is 4.27. The highest BCUT2D eigenvalue weighted by molar-refractivity contribution is 6.16. The first-order valence-corrected chi connectivity index (χ1v) is 10.7. The molecule has 2 atom stereocenters. The van der Waals surface area contributed by atoms with E-state index < -0.39 is 10.8 Å². The van der Waals surface area contributed by atoms with Gasteiger partial charge in [0.25, 0.3) is 11.8 Å². The van der Waals surface area contributed by atoms with Crippen molar-refractivity contribution >= 4 is 23.2 Å². The number of hydrazone groups is 2. The lowest BCUT2D eigenvalue weighted by atomic mass is 9.78. The van der Waals surface area contributed by atoms with Gasteiger partial charge in [-0.25, -0.2) is 10.0 Å². The van der Waals surface area contributed by atoms with Crippen molar-refractivity contribution in [3.63, 3.8) is 0 Å². The minimum atomic E-state index is -0.596. The van der Waals surface area contributed by atoms with E-state index in [1.165, 1.54) is 10.0 Å². The minimum absolute atomic E-state index is 0.0376. The Morgan fingerprint density at radius 1 is 0.656 bits per heavy atom. The summed E-state index contributed by atoms with van der Waals surface area (Å²) in [7, 11) is 3.40. The van der Waals surface area contributed by atoms with Crippen LogP contribution in [0.3, 0.4) is 0 Å². The van der Waals surface area contributed by atoms with E-state index in [9.17, 15) is 9.59 Å². The summed E-state index contributed by atoms with van der Waals surface area (Å²) >= 11 is 0. The Labute approximate surface area is 190 Å². The zero-order chi connectivity index (χ0) is 23.8. The highest BCUT2D eigenvalue weighted by Gasteiger charge is 2.46. The summed E-state index contributed by atoms with van der Waals surface area (Å²) in [6.45, 7) is 11.7. The number of hydrogen-bond acceptors (Lipinski definition) is 4. The number of benzene rings is 2. The first-order valence-electron chi connectivity index (χ1n) is 10.7. The van der Waals surface area contributed by atoms with Gasteiger partial charge in [-0.05, 0) is 52.7 Å². The van der Waals surface area contributed by atoms with Crippen LogP contribution in [0.15, 0.2) is 58.7 Å². The molecule has 0 radical (unpaired) electrons. The van der Waals surface area contributed by atoms with Gasteiger partial charge in [0, 0.05) is 14.1 Å². The molecule has 2 aromatic rings.